The number of hydrogen-bond acceptors (Lipinski definition) is 4. The number of benzene rings is 1. The summed E-state index contributed by atoms with van der Waals surface area (Å²) in [5.74, 6) is -0.400. The quantitative estimate of drug-likeness (QED) is 0.860. The number of aryl methyl sites for hydroxylation is 1. The molecule has 21 heavy (non-hydrogen) atoms. The van der Waals surface area contributed by atoms with E-state index in [0.29, 0.717) is 18.6 Å². The van der Waals surface area contributed by atoms with Crippen LogP contribution < -0.4 is 15.6 Å². The van der Waals surface area contributed by atoms with Gasteiger partial charge in [0.15, 0.2) is 0 Å². The Morgan fingerprint density at radius 1 is 1.33 bits per heavy atom. The fourth-order valence-corrected chi connectivity index (χ4v) is 2.70. The van der Waals surface area contributed by atoms with Gasteiger partial charge in [0.25, 0.3) is 5.91 Å². The van der Waals surface area contributed by atoms with E-state index in [9.17, 15) is 9.59 Å². The minimum atomic E-state index is -0.251. The molecule has 110 valence electrons. The van der Waals surface area contributed by atoms with Crippen LogP contribution in [0.2, 0.25) is 0 Å². The number of carbonyl (C=O) groups is 2. The molecule has 2 amide bonds. The lowest BCUT2D eigenvalue weighted by Crippen LogP contribution is -2.32. The van der Waals surface area contributed by atoms with Crippen LogP contribution in [0.5, 0.6) is 0 Å². The predicted octanol–water partition coefficient (Wildman–Crippen LogP) is 1.27. The van der Waals surface area contributed by atoms with Gasteiger partial charge in [-0.15, -0.1) is 0 Å². The summed E-state index contributed by atoms with van der Waals surface area (Å²) in [5.41, 5.74) is 5.95. The number of carbonyl (C=O) groups excluding carboxylic acids is 2. The maximum absolute atomic E-state index is 12.1. The molecule has 0 spiro atoms. The van der Waals surface area contributed by atoms with E-state index in [1.807, 2.05) is 18.2 Å². The summed E-state index contributed by atoms with van der Waals surface area (Å²) in [6.45, 7) is 1.06. The standard InChI is InChI=1S/C15H18N4O2/c1-19-8-2-3-10-9-11(4-6-13(10)19)16-15(21)12-5-7-14(20)18-17-12/h4,6,9H,2-3,5,7-8H2,1H3,(H,16,21)(H,18,20). The van der Waals surface area contributed by atoms with Crippen LogP contribution in [0, 0.1) is 0 Å². The molecule has 0 aliphatic carbocycles. The SMILES string of the molecule is CN1CCCc2cc(NC(=O)C3=NNC(=O)CC3)ccc21. The van der Waals surface area contributed by atoms with E-state index in [2.05, 4.69) is 27.8 Å². The van der Waals surface area contributed by atoms with Gasteiger partial charge >= 0.3 is 0 Å². The van der Waals surface area contributed by atoms with Crippen molar-refractivity contribution < 1.29 is 9.59 Å². The van der Waals surface area contributed by atoms with Gasteiger partial charge in [-0.1, -0.05) is 0 Å². The molecular weight excluding hydrogens is 268 g/mol. The lowest BCUT2D eigenvalue weighted by Gasteiger charge is -2.27. The Labute approximate surface area is 123 Å². The Morgan fingerprint density at radius 2 is 2.19 bits per heavy atom. The molecule has 0 fully saturated rings. The zero-order valence-corrected chi connectivity index (χ0v) is 12.0. The van der Waals surface area contributed by atoms with Crippen molar-refractivity contribution in [2.24, 2.45) is 5.10 Å². The second-order valence-electron chi connectivity index (χ2n) is 5.42. The molecule has 0 radical (unpaired) electrons. The Kier molecular flexibility index (Phi) is 3.60. The molecule has 6 nitrogen and oxygen atoms in total. The van der Waals surface area contributed by atoms with E-state index >= 15 is 0 Å². The molecule has 0 saturated carbocycles. The van der Waals surface area contributed by atoms with Gasteiger partial charge in [0.2, 0.25) is 5.91 Å². The Balaban J connectivity index is 1.73. The molecule has 0 saturated heterocycles. The second-order valence-corrected chi connectivity index (χ2v) is 5.42. The van der Waals surface area contributed by atoms with Crippen LogP contribution in [0.25, 0.3) is 0 Å². The Hall–Kier alpha value is -2.37. The fourth-order valence-electron chi connectivity index (χ4n) is 2.70. The highest BCUT2D eigenvalue weighted by molar-refractivity contribution is 6.43. The number of nitrogens with one attached hydrogen (secondary N) is 2. The first kappa shape index (κ1) is 13.6. The first-order chi connectivity index (χ1) is 10.1. The highest BCUT2D eigenvalue weighted by Crippen LogP contribution is 2.28. The molecule has 3 rings (SSSR count). The van der Waals surface area contributed by atoms with Crippen molar-refractivity contribution in [3.05, 3.63) is 23.8 Å². The van der Waals surface area contributed by atoms with Crippen LogP contribution >= 0.6 is 0 Å². The first-order valence-electron chi connectivity index (χ1n) is 7.14. The van der Waals surface area contributed by atoms with Gasteiger partial charge in [-0.05, 0) is 36.6 Å². The van der Waals surface area contributed by atoms with Crippen molar-refractivity contribution in [2.75, 3.05) is 23.8 Å². The predicted molar refractivity (Wildman–Crippen MR) is 81.5 cm³/mol. The first-order valence-corrected chi connectivity index (χ1v) is 7.14. The maximum atomic E-state index is 12.1. The van der Waals surface area contributed by atoms with Crippen molar-refractivity contribution in [3.8, 4) is 0 Å². The largest absolute Gasteiger partial charge is 0.374 e. The third-order valence-corrected chi connectivity index (χ3v) is 3.85. The third kappa shape index (κ3) is 2.89. The number of anilines is 2. The van der Waals surface area contributed by atoms with Crippen molar-refractivity contribution in [1.82, 2.24) is 5.43 Å². The highest BCUT2D eigenvalue weighted by Gasteiger charge is 2.19. The molecule has 1 aromatic rings. The monoisotopic (exact) mass is 286 g/mol. The molecule has 2 N–H and O–H groups in total. The van der Waals surface area contributed by atoms with Crippen LogP contribution in [0.1, 0.15) is 24.8 Å². The number of hydrazone groups is 1. The summed E-state index contributed by atoms with van der Waals surface area (Å²) in [7, 11) is 2.08. The summed E-state index contributed by atoms with van der Waals surface area (Å²) in [4.78, 5) is 25.4. The highest BCUT2D eigenvalue weighted by atomic mass is 16.2. The average molecular weight is 286 g/mol. The average Bonchev–Trinajstić information content (AvgIpc) is 2.48. The molecule has 2 heterocycles. The number of amides is 2. The minimum Gasteiger partial charge on any atom is -0.374 e. The van der Waals surface area contributed by atoms with Crippen LogP contribution in [0.4, 0.5) is 11.4 Å². The van der Waals surface area contributed by atoms with E-state index < -0.39 is 0 Å². The Morgan fingerprint density at radius 3 is 2.95 bits per heavy atom. The van der Waals surface area contributed by atoms with Crippen LogP contribution in [0.3, 0.4) is 0 Å². The van der Waals surface area contributed by atoms with Gasteiger partial charge in [0.1, 0.15) is 5.71 Å². The normalized spacial score (nSPS) is 17.7. The van der Waals surface area contributed by atoms with Gasteiger partial charge in [-0.3, -0.25) is 9.59 Å². The van der Waals surface area contributed by atoms with Crippen molar-refractivity contribution in [1.29, 1.82) is 0 Å². The van der Waals surface area contributed by atoms with Gasteiger partial charge in [-0.25, -0.2) is 5.43 Å². The molecule has 0 atom stereocenters. The van der Waals surface area contributed by atoms with E-state index in [4.69, 9.17) is 0 Å². The summed E-state index contributed by atoms with van der Waals surface area (Å²) in [5, 5.41) is 6.65. The lowest BCUT2D eigenvalue weighted by atomic mass is 10.0. The summed E-state index contributed by atoms with van der Waals surface area (Å²) >= 11 is 0. The van der Waals surface area contributed by atoms with Crippen molar-refractivity contribution in [2.45, 2.75) is 25.7 Å². The van der Waals surface area contributed by atoms with E-state index in [1.54, 1.807) is 0 Å². The number of hydrogen-bond donors (Lipinski definition) is 2. The fraction of sp³-hybridized carbons (Fsp3) is 0.400. The van der Waals surface area contributed by atoms with Crippen LogP contribution in [-0.2, 0) is 16.0 Å². The zero-order chi connectivity index (χ0) is 14.8. The van der Waals surface area contributed by atoms with Crippen LogP contribution in [0.15, 0.2) is 23.3 Å². The van der Waals surface area contributed by atoms with Crippen molar-refractivity contribution in [3.63, 3.8) is 0 Å². The maximum Gasteiger partial charge on any atom is 0.271 e. The number of fused-ring (bicyclic) bond motifs is 1. The summed E-state index contributed by atoms with van der Waals surface area (Å²) in [6.07, 6.45) is 2.84. The summed E-state index contributed by atoms with van der Waals surface area (Å²) in [6, 6.07) is 5.96. The zero-order valence-electron chi connectivity index (χ0n) is 12.0. The molecule has 0 unspecified atom stereocenters. The van der Waals surface area contributed by atoms with E-state index in [1.165, 1.54) is 11.3 Å². The molecule has 0 bridgehead atoms. The van der Waals surface area contributed by atoms with Crippen molar-refractivity contribution >= 4 is 28.9 Å². The van der Waals surface area contributed by atoms with Gasteiger partial charge in [-0.2, -0.15) is 5.10 Å². The van der Waals surface area contributed by atoms with Gasteiger partial charge in [0.05, 0.1) is 0 Å². The smallest absolute Gasteiger partial charge is 0.271 e. The van der Waals surface area contributed by atoms with Crippen LogP contribution in [-0.4, -0.2) is 31.1 Å². The van der Waals surface area contributed by atoms with Gasteiger partial charge < -0.3 is 10.2 Å². The van der Waals surface area contributed by atoms with Gasteiger partial charge in [0, 0.05) is 37.8 Å². The summed E-state index contributed by atoms with van der Waals surface area (Å²) < 4.78 is 0. The molecule has 6 heteroatoms. The minimum absolute atomic E-state index is 0.150. The lowest BCUT2D eigenvalue weighted by molar-refractivity contribution is -0.121. The molecule has 1 aromatic carbocycles. The van der Waals surface area contributed by atoms with E-state index in [-0.39, 0.29) is 11.8 Å². The topological polar surface area (TPSA) is 73.8 Å². The molecular formula is C15H18N4O2. The second kappa shape index (κ2) is 5.55. The number of rotatable bonds is 2. The molecule has 0 aromatic heterocycles. The number of nitrogens with zero attached hydrogens (tertiary/aromatic N) is 2. The molecule has 2 aliphatic rings. The third-order valence-electron chi connectivity index (χ3n) is 3.85. The van der Waals surface area contributed by atoms with E-state index in [0.717, 1.165) is 25.1 Å². The Bertz CT molecular complexity index is 624. The molecule has 2 aliphatic heterocycles.